The summed E-state index contributed by atoms with van der Waals surface area (Å²) in [4.78, 5) is 0. The second-order valence-corrected chi connectivity index (χ2v) is 7.58. The Bertz CT molecular complexity index is 427. The third kappa shape index (κ3) is 5.35. The van der Waals surface area contributed by atoms with E-state index >= 15 is 0 Å². The van der Waals surface area contributed by atoms with Gasteiger partial charge in [0.25, 0.3) is 0 Å². The number of rotatable bonds is 6. The Hall–Kier alpha value is -1.02. The monoisotopic (exact) mass is 290 g/mol. The number of hydrogen-bond donors (Lipinski definition) is 1. The molecule has 0 radical (unpaired) electrons. The Morgan fingerprint density at radius 2 is 1.86 bits per heavy atom. The molecule has 21 heavy (non-hydrogen) atoms. The van der Waals surface area contributed by atoms with E-state index in [9.17, 15) is 5.11 Å². The summed E-state index contributed by atoms with van der Waals surface area (Å²) in [5.74, 6) is 1.62. The molecule has 2 nitrogen and oxygen atoms in total. The predicted octanol–water partition coefficient (Wildman–Crippen LogP) is 4.91. The molecule has 118 valence electrons. The highest BCUT2D eigenvalue weighted by Gasteiger charge is 2.21. The summed E-state index contributed by atoms with van der Waals surface area (Å²) in [7, 11) is 0. The lowest BCUT2D eigenvalue weighted by molar-refractivity contribution is 0.0883. The van der Waals surface area contributed by atoms with Crippen molar-refractivity contribution in [1.82, 2.24) is 0 Å². The van der Waals surface area contributed by atoms with Crippen LogP contribution in [0.25, 0.3) is 0 Å². The van der Waals surface area contributed by atoms with Gasteiger partial charge in [0, 0.05) is 0 Å². The van der Waals surface area contributed by atoms with Crippen LogP contribution in [0.15, 0.2) is 24.3 Å². The Morgan fingerprint density at radius 1 is 1.19 bits per heavy atom. The molecular formula is C19H30O2. The Kier molecular flexibility index (Phi) is 5.69. The van der Waals surface area contributed by atoms with E-state index < -0.39 is 0 Å². The smallest absolute Gasteiger partial charge is 0.122 e. The van der Waals surface area contributed by atoms with Crippen LogP contribution in [0.5, 0.6) is 5.75 Å². The van der Waals surface area contributed by atoms with E-state index in [-0.39, 0.29) is 11.5 Å². The number of aliphatic hydroxyl groups is 1. The first-order chi connectivity index (χ1) is 9.96. The van der Waals surface area contributed by atoms with Gasteiger partial charge in [-0.3, -0.25) is 0 Å². The third-order valence-electron chi connectivity index (χ3n) is 4.37. The predicted molar refractivity (Wildman–Crippen MR) is 87.8 cm³/mol. The lowest BCUT2D eigenvalue weighted by Crippen LogP contribution is -2.20. The van der Waals surface area contributed by atoms with Crippen molar-refractivity contribution >= 4 is 0 Å². The molecule has 1 aromatic rings. The van der Waals surface area contributed by atoms with Crippen LogP contribution < -0.4 is 4.74 Å². The summed E-state index contributed by atoms with van der Waals surface area (Å²) < 4.78 is 5.93. The fourth-order valence-electron chi connectivity index (χ4n) is 3.05. The first kappa shape index (κ1) is 16.4. The zero-order valence-electron chi connectivity index (χ0n) is 13.8. The van der Waals surface area contributed by atoms with Crippen molar-refractivity contribution in [2.24, 2.45) is 5.41 Å². The molecule has 0 bridgehead atoms. The molecule has 1 unspecified atom stereocenters. The second-order valence-electron chi connectivity index (χ2n) is 7.58. The maximum Gasteiger partial charge on any atom is 0.122 e. The normalized spacial score (nSPS) is 17.9. The third-order valence-corrected chi connectivity index (χ3v) is 4.37. The molecule has 0 spiro atoms. The van der Waals surface area contributed by atoms with Gasteiger partial charge < -0.3 is 9.84 Å². The summed E-state index contributed by atoms with van der Waals surface area (Å²) in [5, 5.41) is 10.1. The standard InChI is InChI=1S/C19H30O2/c1-19(2,3)13-12-16(20)14-21-18-11-7-6-10-17(18)15-8-4-5-9-15/h6-7,10-11,15-16,20H,4-5,8-9,12-14H2,1-3H3. The van der Waals surface area contributed by atoms with Gasteiger partial charge in [-0.05, 0) is 48.6 Å². The number of para-hydroxylation sites is 1. The maximum absolute atomic E-state index is 10.1. The largest absolute Gasteiger partial charge is 0.491 e. The highest BCUT2D eigenvalue weighted by Crippen LogP contribution is 2.38. The summed E-state index contributed by atoms with van der Waals surface area (Å²) in [5.41, 5.74) is 1.60. The van der Waals surface area contributed by atoms with Crippen LogP contribution in [0.1, 0.15) is 70.8 Å². The molecule has 1 aliphatic carbocycles. The summed E-state index contributed by atoms with van der Waals surface area (Å²) in [6.45, 7) is 7.02. The molecule has 0 aliphatic heterocycles. The molecule has 2 heteroatoms. The summed E-state index contributed by atoms with van der Waals surface area (Å²) in [6, 6.07) is 8.35. The minimum Gasteiger partial charge on any atom is -0.491 e. The Balaban J connectivity index is 1.88. The first-order valence-electron chi connectivity index (χ1n) is 8.35. The molecule has 1 N–H and O–H groups in total. The quantitative estimate of drug-likeness (QED) is 0.806. The van der Waals surface area contributed by atoms with Crippen molar-refractivity contribution in [2.75, 3.05) is 6.61 Å². The van der Waals surface area contributed by atoms with Gasteiger partial charge in [0.05, 0.1) is 6.10 Å². The van der Waals surface area contributed by atoms with Crippen LogP contribution in [-0.2, 0) is 0 Å². The van der Waals surface area contributed by atoms with E-state index in [4.69, 9.17) is 4.74 Å². The molecule has 1 atom stereocenters. The van der Waals surface area contributed by atoms with Gasteiger partial charge in [0.15, 0.2) is 0 Å². The van der Waals surface area contributed by atoms with Gasteiger partial charge in [0.1, 0.15) is 12.4 Å². The molecule has 0 amide bonds. The van der Waals surface area contributed by atoms with E-state index in [0.29, 0.717) is 12.5 Å². The van der Waals surface area contributed by atoms with Gasteiger partial charge in [-0.2, -0.15) is 0 Å². The topological polar surface area (TPSA) is 29.5 Å². The lowest BCUT2D eigenvalue weighted by Gasteiger charge is -2.21. The molecule has 2 rings (SSSR count). The fourth-order valence-corrected chi connectivity index (χ4v) is 3.05. The van der Waals surface area contributed by atoms with Gasteiger partial charge in [-0.25, -0.2) is 0 Å². The maximum atomic E-state index is 10.1. The van der Waals surface area contributed by atoms with Crippen molar-refractivity contribution in [3.8, 4) is 5.75 Å². The molecule has 0 heterocycles. The van der Waals surface area contributed by atoms with Gasteiger partial charge >= 0.3 is 0 Å². The number of ether oxygens (including phenoxy) is 1. The molecule has 1 aliphatic rings. The van der Waals surface area contributed by atoms with Crippen molar-refractivity contribution in [1.29, 1.82) is 0 Å². The average molecular weight is 290 g/mol. The van der Waals surface area contributed by atoms with Crippen molar-refractivity contribution in [3.63, 3.8) is 0 Å². The van der Waals surface area contributed by atoms with Gasteiger partial charge in [-0.15, -0.1) is 0 Å². The van der Waals surface area contributed by atoms with E-state index in [2.05, 4.69) is 32.9 Å². The molecule has 0 saturated heterocycles. The fraction of sp³-hybridized carbons (Fsp3) is 0.684. The van der Waals surface area contributed by atoms with Crippen molar-refractivity contribution in [2.45, 2.75) is 71.3 Å². The van der Waals surface area contributed by atoms with Gasteiger partial charge in [-0.1, -0.05) is 51.8 Å². The SMILES string of the molecule is CC(C)(C)CCC(O)COc1ccccc1C1CCCC1. The number of aliphatic hydroxyl groups excluding tert-OH is 1. The Labute approximate surface area is 129 Å². The number of hydrogen-bond acceptors (Lipinski definition) is 2. The first-order valence-corrected chi connectivity index (χ1v) is 8.35. The minimum absolute atomic E-state index is 0.267. The van der Waals surface area contributed by atoms with Crippen LogP contribution in [0.2, 0.25) is 0 Å². The zero-order chi connectivity index (χ0) is 15.3. The average Bonchev–Trinajstić information content (AvgIpc) is 2.96. The van der Waals surface area contributed by atoms with E-state index in [1.54, 1.807) is 0 Å². The highest BCUT2D eigenvalue weighted by molar-refractivity contribution is 5.36. The summed E-state index contributed by atoms with van der Waals surface area (Å²) in [6.07, 6.45) is 6.64. The van der Waals surface area contributed by atoms with E-state index in [1.165, 1.54) is 31.2 Å². The van der Waals surface area contributed by atoms with Crippen LogP contribution in [0, 0.1) is 5.41 Å². The highest BCUT2D eigenvalue weighted by atomic mass is 16.5. The second kappa shape index (κ2) is 7.31. The molecule has 1 fully saturated rings. The van der Waals surface area contributed by atoms with Crippen LogP contribution in [0.3, 0.4) is 0 Å². The summed E-state index contributed by atoms with van der Waals surface area (Å²) >= 11 is 0. The van der Waals surface area contributed by atoms with Crippen LogP contribution >= 0.6 is 0 Å². The van der Waals surface area contributed by atoms with E-state index in [0.717, 1.165) is 18.6 Å². The molecule has 0 aromatic heterocycles. The van der Waals surface area contributed by atoms with Crippen molar-refractivity contribution in [3.05, 3.63) is 29.8 Å². The zero-order valence-corrected chi connectivity index (χ0v) is 13.8. The Morgan fingerprint density at radius 3 is 2.52 bits per heavy atom. The van der Waals surface area contributed by atoms with Crippen molar-refractivity contribution < 1.29 is 9.84 Å². The molecular weight excluding hydrogens is 260 g/mol. The molecule has 1 saturated carbocycles. The van der Waals surface area contributed by atoms with E-state index in [1.807, 2.05) is 12.1 Å². The van der Waals surface area contributed by atoms with Gasteiger partial charge in [0.2, 0.25) is 0 Å². The lowest BCUT2D eigenvalue weighted by atomic mass is 9.89. The number of benzene rings is 1. The van der Waals surface area contributed by atoms with Crippen LogP contribution in [-0.4, -0.2) is 17.8 Å². The molecule has 1 aromatic carbocycles. The minimum atomic E-state index is -0.374. The van der Waals surface area contributed by atoms with Crippen LogP contribution in [0.4, 0.5) is 0 Å².